The summed E-state index contributed by atoms with van der Waals surface area (Å²) in [5, 5.41) is 3.02. The number of unbranched alkanes of at least 4 members (excludes halogenated alkanes) is 1. The highest BCUT2D eigenvalue weighted by atomic mass is 16.5. The number of rotatable bonds is 11. The molecule has 4 rings (SSSR count). The molecule has 0 radical (unpaired) electrons. The van der Waals surface area contributed by atoms with Crippen molar-refractivity contribution >= 4 is 16.9 Å². The zero-order valence-electron chi connectivity index (χ0n) is 19.8. The number of aromatic nitrogens is 2. The van der Waals surface area contributed by atoms with Gasteiger partial charge in [0.05, 0.1) is 24.8 Å². The van der Waals surface area contributed by atoms with Gasteiger partial charge < -0.3 is 19.4 Å². The number of methoxy groups -OCH3 is 1. The van der Waals surface area contributed by atoms with Gasteiger partial charge in [-0.15, -0.1) is 0 Å². The van der Waals surface area contributed by atoms with E-state index in [1.165, 1.54) is 0 Å². The molecule has 3 aromatic carbocycles. The van der Waals surface area contributed by atoms with Gasteiger partial charge in [-0.3, -0.25) is 4.79 Å². The fourth-order valence-electron chi connectivity index (χ4n) is 3.89. The van der Waals surface area contributed by atoms with E-state index in [0.29, 0.717) is 25.1 Å². The minimum absolute atomic E-state index is 0.0571. The van der Waals surface area contributed by atoms with E-state index in [1.807, 2.05) is 73.7 Å². The van der Waals surface area contributed by atoms with E-state index in [2.05, 4.69) is 16.0 Å². The molecule has 6 nitrogen and oxygen atoms in total. The van der Waals surface area contributed by atoms with Gasteiger partial charge in [0.15, 0.2) is 0 Å². The van der Waals surface area contributed by atoms with Crippen LogP contribution in [0, 0.1) is 6.92 Å². The number of ether oxygens (including phenoxy) is 2. The normalized spacial score (nSPS) is 10.9. The van der Waals surface area contributed by atoms with Crippen LogP contribution in [0.1, 0.15) is 34.6 Å². The molecule has 0 fully saturated rings. The number of nitrogens with zero attached hydrogens (tertiary/aromatic N) is 2. The second-order valence-electron chi connectivity index (χ2n) is 8.27. The highest BCUT2D eigenvalue weighted by molar-refractivity contribution is 5.94. The van der Waals surface area contributed by atoms with E-state index in [1.54, 1.807) is 7.11 Å². The zero-order chi connectivity index (χ0) is 23.8. The molecule has 1 N–H and O–H groups in total. The highest BCUT2D eigenvalue weighted by Crippen LogP contribution is 2.19. The van der Waals surface area contributed by atoms with Crippen LogP contribution in [0.3, 0.4) is 0 Å². The van der Waals surface area contributed by atoms with E-state index in [0.717, 1.165) is 53.3 Å². The number of para-hydroxylation sites is 2. The largest absolute Gasteiger partial charge is 0.497 e. The van der Waals surface area contributed by atoms with Crippen LogP contribution >= 0.6 is 0 Å². The SMILES string of the molecule is COc1ccc(OCCCCn2c(CCNC(=O)c3ccc(C)cc3)nc3ccccc32)cc1. The van der Waals surface area contributed by atoms with Crippen LogP contribution in [-0.2, 0) is 13.0 Å². The highest BCUT2D eigenvalue weighted by Gasteiger charge is 2.11. The molecule has 1 amide bonds. The maximum atomic E-state index is 12.4. The molecule has 0 aliphatic rings. The molecule has 0 aliphatic carbocycles. The molecule has 176 valence electrons. The van der Waals surface area contributed by atoms with Crippen LogP contribution in [0.5, 0.6) is 11.5 Å². The van der Waals surface area contributed by atoms with Gasteiger partial charge in [-0.1, -0.05) is 29.8 Å². The fourth-order valence-corrected chi connectivity index (χ4v) is 3.89. The van der Waals surface area contributed by atoms with Gasteiger partial charge in [-0.2, -0.15) is 0 Å². The van der Waals surface area contributed by atoms with Gasteiger partial charge in [0.2, 0.25) is 0 Å². The van der Waals surface area contributed by atoms with Crippen molar-refractivity contribution in [2.45, 2.75) is 32.7 Å². The van der Waals surface area contributed by atoms with Gasteiger partial charge in [0, 0.05) is 25.1 Å². The third-order valence-corrected chi connectivity index (χ3v) is 5.79. The van der Waals surface area contributed by atoms with E-state index >= 15 is 0 Å². The second kappa shape index (κ2) is 11.4. The minimum atomic E-state index is -0.0571. The Morgan fingerprint density at radius 2 is 1.68 bits per heavy atom. The summed E-state index contributed by atoms with van der Waals surface area (Å²) < 4.78 is 13.3. The molecule has 1 heterocycles. The summed E-state index contributed by atoms with van der Waals surface area (Å²) in [6.45, 7) is 4.06. The minimum Gasteiger partial charge on any atom is -0.497 e. The topological polar surface area (TPSA) is 65.4 Å². The van der Waals surface area contributed by atoms with E-state index in [4.69, 9.17) is 14.5 Å². The van der Waals surface area contributed by atoms with Crippen LogP contribution in [-0.4, -0.2) is 35.7 Å². The number of carbonyl (C=O) groups excluding carboxylic acids is 1. The standard InChI is InChI=1S/C28H31N3O3/c1-21-9-11-22(12-10-21)28(32)29-18-17-27-30-25-7-3-4-8-26(25)31(27)19-5-6-20-34-24-15-13-23(33-2)14-16-24/h3-4,7-16H,5-6,17-20H2,1-2H3,(H,29,32). The molecule has 0 aliphatic heterocycles. The second-order valence-corrected chi connectivity index (χ2v) is 8.27. The Bertz CT molecular complexity index is 1210. The first-order valence-electron chi connectivity index (χ1n) is 11.7. The maximum absolute atomic E-state index is 12.4. The predicted molar refractivity (Wildman–Crippen MR) is 135 cm³/mol. The molecule has 6 heteroatoms. The molecule has 4 aromatic rings. The predicted octanol–water partition coefficient (Wildman–Crippen LogP) is 5.19. The molecular weight excluding hydrogens is 426 g/mol. The summed E-state index contributed by atoms with van der Waals surface area (Å²) in [4.78, 5) is 17.3. The molecule has 0 saturated carbocycles. The van der Waals surface area contributed by atoms with Crippen LogP contribution in [0.2, 0.25) is 0 Å². The van der Waals surface area contributed by atoms with Crippen LogP contribution in [0.4, 0.5) is 0 Å². The lowest BCUT2D eigenvalue weighted by molar-refractivity contribution is 0.0954. The first-order chi connectivity index (χ1) is 16.6. The lowest BCUT2D eigenvalue weighted by Gasteiger charge is -2.11. The fraction of sp³-hybridized carbons (Fsp3) is 0.286. The van der Waals surface area contributed by atoms with Gasteiger partial charge in [-0.05, 0) is 68.3 Å². The summed E-state index contributed by atoms with van der Waals surface area (Å²) in [5.41, 5.74) is 3.92. The summed E-state index contributed by atoms with van der Waals surface area (Å²) in [6.07, 6.45) is 2.58. The molecule has 0 saturated heterocycles. The monoisotopic (exact) mass is 457 g/mol. The third kappa shape index (κ3) is 5.95. The van der Waals surface area contributed by atoms with Crippen molar-refractivity contribution in [3.63, 3.8) is 0 Å². The van der Waals surface area contributed by atoms with Crippen LogP contribution in [0.15, 0.2) is 72.8 Å². The van der Waals surface area contributed by atoms with Crippen molar-refractivity contribution < 1.29 is 14.3 Å². The molecule has 1 aromatic heterocycles. The van der Waals surface area contributed by atoms with Crippen molar-refractivity contribution in [3.05, 3.63) is 89.7 Å². The lowest BCUT2D eigenvalue weighted by atomic mass is 10.1. The number of fused-ring (bicyclic) bond motifs is 1. The lowest BCUT2D eigenvalue weighted by Crippen LogP contribution is -2.26. The average Bonchev–Trinajstić information content (AvgIpc) is 3.22. The Kier molecular flexibility index (Phi) is 7.81. The van der Waals surface area contributed by atoms with Crippen LogP contribution < -0.4 is 14.8 Å². The Morgan fingerprint density at radius 1 is 0.941 bits per heavy atom. The third-order valence-electron chi connectivity index (χ3n) is 5.79. The molecule has 0 spiro atoms. The van der Waals surface area contributed by atoms with Crippen molar-refractivity contribution in [2.24, 2.45) is 0 Å². The summed E-state index contributed by atoms with van der Waals surface area (Å²) in [5.74, 6) is 2.60. The Hall–Kier alpha value is -3.80. The zero-order valence-corrected chi connectivity index (χ0v) is 19.8. The molecule has 0 atom stereocenters. The van der Waals surface area contributed by atoms with Gasteiger partial charge in [0.1, 0.15) is 17.3 Å². The summed E-state index contributed by atoms with van der Waals surface area (Å²) >= 11 is 0. The number of amides is 1. The first-order valence-corrected chi connectivity index (χ1v) is 11.7. The summed E-state index contributed by atoms with van der Waals surface area (Å²) in [6, 6.07) is 23.4. The quantitative estimate of drug-likeness (QED) is 0.315. The molecule has 34 heavy (non-hydrogen) atoms. The average molecular weight is 458 g/mol. The van der Waals surface area contributed by atoms with Crippen molar-refractivity contribution in [3.8, 4) is 11.5 Å². The Labute approximate surface area is 200 Å². The smallest absolute Gasteiger partial charge is 0.251 e. The first kappa shape index (κ1) is 23.4. The molecule has 0 unspecified atom stereocenters. The van der Waals surface area contributed by atoms with Crippen molar-refractivity contribution in [1.82, 2.24) is 14.9 Å². The number of imidazole rings is 1. The number of hydrogen-bond donors (Lipinski definition) is 1. The molecular formula is C28H31N3O3. The van der Waals surface area contributed by atoms with E-state index in [9.17, 15) is 4.79 Å². The molecule has 0 bridgehead atoms. The summed E-state index contributed by atoms with van der Waals surface area (Å²) in [7, 11) is 1.65. The van der Waals surface area contributed by atoms with Gasteiger partial charge >= 0.3 is 0 Å². The Morgan fingerprint density at radius 3 is 2.44 bits per heavy atom. The number of aryl methyl sites for hydroxylation is 2. The number of nitrogens with one attached hydrogen (secondary N) is 1. The number of carbonyl (C=O) groups is 1. The maximum Gasteiger partial charge on any atom is 0.251 e. The van der Waals surface area contributed by atoms with E-state index in [-0.39, 0.29) is 5.91 Å². The van der Waals surface area contributed by atoms with Crippen LogP contribution in [0.25, 0.3) is 11.0 Å². The Balaban J connectivity index is 1.31. The number of hydrogen-bond acceptors (Lipinski definition) is 4. The van der Waals surface area contributed by atoms with Gasteiger partial charge in [0.25, 0.3) is 5.91 Å². The van der Waals surface area contributed by atoms with Gasteiger partial charge in [-0.25, -0.2) is 4.98 Å². The van der Waals surface area contributed by atoms with E-state index < -0.39 is 0 Å². The van der Waals surface area contributed by atoms with Crippen molar-refractivity contribution in [1.29, 1.82) is 0 Å². The van der Waals surface area contributed by atoms with Crippen molar-refractivity contribution in [2.75, 3.05) is 20.3 Å². The number of benzene rings is 3.